The molecule has 2 aromatic rings. The van der Waals surface area contributed by atoms with Crippen LogP contribution in [0.5, 0.6) is 0 Å². The summed E-state index contributed by atoms with van der Waals surface area (Å²) in [6.45, 7) is 11.7. The average Bonchev–Trinajstić information content (AvgIpc) is 2.68. The molecule has 0 amide bonds. The van der Waals surface area contributed by atoms with Crippen molar-refractivity contribution in [2.75, 3.05) is 22.7 Å². The number of benzene rings is 2. The van der Waals surface area contributed by atoms with Crippen LogP contribution in [0.1, 0.15) is 63.4 Å². The maximum atomic E-state index is 12.8. The van der Waals surface area contributed by atoms with Gasteiger partial charge in [-0.2, -0.15) is 0 Å². The fraction of sp³-hybridized carbons (Fsp3) is 0.435. The van der Waals surface area contributed by atoms with Gasteiger partial charge >= 0.3 is 5.97 Å². The lowest BCUT2D eigenvalue weighted by Gasteiger charge is -2.25. The highest BCUT2D eigenvalue weighted by atomic mass is 32.2. The first kappa shape index (κ1) is 23.7. The average molecular weight is 433 g/mol. The van der Waals surface area contributed by atoms with E-state index in [1.54, 1.807) is 36.4 Å². The largest absolute Gasteiger partial charge is 0.478 e. The Labute approximate surface area is 180 Å². The maximum absolute atomic E-state index is 12.8. The molecule has 0 aromatic heterocycles. The van der Waals surface area contributed by atoms with Crippen LogP contribution in [0.2, 0.25) is 0 Å². The molecule has 0 bridgehead atoms. The SMILES string of the molecule is CCCCN(CC)c1ccc(NS(=O)(=O)c2ccc(C(C)(C)C)cc2)cc1C(=O)O. The summed E-state index contributed by atoms with van der Waals surface area (Å²) in [7, 11) is -3.83. The van der Waals surface area contributed by atoms with E-state index >= 15 is 0 Å². The van der Waals surface area contributed by atoms with Crippen molar-refractivity contribution in [3.05, 3.63) is 53.6 Å². The second-order valence-electron chi connectivity index (χ2n) is 8.35. The Balaban J connectivity index is 2.33. The molecule has 0 saturated carbocycles. The summed E-state index contributed by atoms with van der Waals surface area (Å²) >= 11 is 0. The fourth-order valence-electron chi connectivity index (χ4n) is 3.19. The van der Waals surface area contributed by atoms with E-state index in [9.17, 15) is 18.3 Å². The van der Waals surface area contributed by atoms with E-state index in [2.05, 4.69) is 32.4 Å². The zero-order valence-electron chi connectivity index (χ0n) is 18.4. The van der Waals surface area contributed by atoms with Crippen LogP contribution in [0.25, 0.3) is 0 Å². The molecule has 2 N–H and O–H groups in total. The van der Waals surface area contributed by atoms with Crippen LogP contribution in [0, 0.1) is 0 Å². The molecule has 0 aliphatic rings. The molecule has 0 spiro atoms. The number of unbranched alkanes of at least 4 members (excludes halogenated alkanes) is 1. The predicted molar refractivity (Wildman–Crippen MR) is 122 cm³/mol. The molecule has 0 saturated heterocycles. The minimum atomic E-state index is -3.83. The first-order chi connectivity index (χ1) is 14.0. The van der Waals surface area contributed by atoms with Crippen molar-refractivity contribution < 1.29 is 18.3 Å². The third kappa shape index (κ3) is 5.75. The van der Waals surface area contributed by atoms with Gasteiger partial charge in [-0.3, -0.25) is 4.72 Å². The predicted octanol–water partition coefficient (Wildman–Crippen LogP) is 5.11. The number of carbonyl (C=O) groups is 1. The summed E-state index contributed by atoms with van der Waals surface area (Å²) in [6.07, 6.45) is 1.95. The van der Waals surface area contributed by atoms with Crippen molar-refractivity contribution in [2.24, 2.45) is 0 Å². The highest BCUT2D eigenvalue weighted by Gasteiger charge is 2.20. The summed E-state index contributed by atoms with van der Waals surface area (Å²) in [5, 5.41) is 9.68. The van der Waals surface area contributed by atoms with Crippen LogP contribution in [0.15, 0.2) is 47.4 Å². The topological polar surface area (TPSA) is 86.7 Å². The highest BCUT2D eigenvalue weighted by Crippen LogP contribution is 2.28. The van der Waals surface area contributed by atoms with Crippen molar-refractivity contribution in [3.8, 4) is 0 Å². The zero-order valence-corrected chi connectivity index (χ0v) is 19.2. The lowest BCUT2D eigenvalue weighted by atomic mass is 9.87. The molecule has 0 heterocycles. The van der Waals surface area contributed by atoms with Gasteiger partial charge in [0.05, 0.1) is 16.1 Å². The van der Waals surface area contributed by atoms with Gasteiger partial charge in [0.15, 0.2) is 0 Å². The van der Waals surface area contributed by atoms with Crippen LogP contribution in [-0.2, 0) is 15.4 Å². The fourth-order valence-corrected chi connectivity index (χ4v) is 4.24. The Morgan fingerprint density at radius 1 is 1.07 bits per heavy atom. The summed E-state index contributed by atoms with van der Waals surface area (Å²) in [5.41, 5.74) is 1.85. The van der Waals surface area contributed by atoms with Gasteiger partial charge in [-0.15, -0.1) is 0 Å². The van der Waals surface area contributed by atoms with E-state index < -0.39 is 16.0 Å². The Hall–Kier alpha value is -2.54. The first-order valence-corrected chi connectivity index (χ1v) is 11.7. The number of nitrogens with one attached hydrogen (secondary N) is 1. The van der Waals surface area contributed by atoms with Crippen LogP contribution in [0.3, 0.4) is 0 Å². The van der Waals surface area contributed by atoms with Crippen LogP contribution < -0.4 is 9.62 Å². The van der Waals surface area contributed by atoms with Crippen LogP contribution in [-0.4, -0.2) is 32.6 Å². The van der Waals surface area contributed by atoms with E-state index in [1.165, 1.54) is 6.07 Å². The third-order valence-corrected chi connectivity index (χ3v) is 6.41. The number of sulfonamides is 1. The molecule has 6 nitrogen and oxygen atoms in total. The smallest absolute Gasteiger partial charge is 0.337 e. The van der Waals surface area contributed by atoms with Crippen molar-refractivity contribution in [1.82, 2.24) is 0 Å². The van der Waals surface area contributed by atoms with E-state index in [0.717, 1.165) is 24.9 Å². The molecule has 0 unspecified atom stereocenters. The summed E-state index contributed by atoms with van der Waals surface area (Å²) in [5.74, 6) is -1.09. The van der Waals surface area contributed by atoms with Gasteiger partial charge in [-0.1, -0.05) is 46.2 Å². The minimum absolute atomic E-state index is 0.0785. The van der Waals surface area contributed by atoms with E-state index in [1.807, 2.05) is 11.8 Å². The Bertz CT molecular complexity index is 977. The molecular weight excluding hydrogens is 400 g/mol. The molecule has 30 heavy (non-hydrogen) atoms. The highest BCUT2D eigenvalue weighted by molar-refractivity contribution is 7.92. The molecule has 0 aliphatic heterocycles. The van der Waals surface area contributed by atoms with Gasteiger partial charge in [-0.25, -0.2) is 13.2 Å². The van der Waals surface area contributed by atoms with Crippen molar-refractivity contribution in [3.63, 3.8) is 0 Å². The molecule has 164 valence electrons. The number of aromatic carboxylic acids is 1. The van der Waals surface area contributed by atoms with Gasteiger partial charge in [0, 0.05) is 18.8 Å². The zero-order chi connectivity index (χ0) is 22.5. The maximum Gasteiger partial charge on any atom is 0.337 e. The van der Waals surface area contributed by atoms with Crippen molar-refractivity contribution in [1.29, 1.82) is 0 Å². The number of nitrogens with zero attached hydrogens (tertiary/aromatic N) is 1. The Kier molecular flexibility index (Phi) is 7.53. The number of carboxylic acids is 1. The molecule has 0 radical (unpaired) electrons. The number of anilines is 2. The summed E-state index contributed by atoms with van der Waals surface area (Å²) in [4.78, 5) is 14.0. The second-order valence-corrected chi connectivity index (χ2v) is 10.0. The van der Waals surface area contributed by atoms with Gasteiger partial charge in [-0.05, 0) is 54.7 Å². The van der Waals surface area contributed by atoms with Gasteiger partial charge in [0.25, 0.3) is 10.0 Å². The number of hydrogen-bond acceptors (Lipinski definition) is 4. The molecule has 0 atom stereocenters. The molecule has 0 fully saturated rings. The summed E-state index contributed by atoms with van der Waals surface area (Å²) in [6, 6.07) is 11.4. The first-order valence-electron chi connectivity index (χ1n) is 10.2. The Morgan fingerprint density at radius 3 is 2.20 bits per heavy atom. The van der Waals surface area contributed by atoms with Gasteiger partial charge < -0.3 is 10.0 Å². The molecular formula is C23H32N2O4S. The molecule has 7 heteroatoms. The van der Waals surface area contributed by atoms with Crippen molar-refractivity contribution >= 4 is 27.4 Å². The normalized spacial score (nSPS) is 11.9. The third-order valence-electron chi connectivity index (χ3n) is 5.01. The van der Waals surface area contributed by atoms with Crippen LogP contribution >= 0.6 is 0 Å². The minimum Gasteiger partial charge on any atom is -0.478 e. The lowest BCUT2D eigenvalue weighted by Crippen LogP contribution is -2.26. The van der Waals surface area contributed by atoms with E-state index in [0.29, 0.717) is 12.2 Å². The molecule has 2 aromatic carbocycles. The second kappa shape index (κ2) is 9.51. The monoisotopic (exact) mass is 432 g/mol. The molecule has 0 aliphatic carbocycles. The van der Waals surface area contributed by atoms with E-state index in [4.69, 9.17) is 0 Å². The summed E-state index contributed by atoms with van der Waals surface area (Å²) < 4.78 is 28.1. The van der Waals surface area contributed by atoms with Gasteiger partial charge in [0.1, 0.15) is 0 Å². The van der Waals surface area contributed by atoms with Crippen molar-refractivity contribution in [2.45, 2.75) is 57.8 Å². The standard InChI is InChI=1S/C23H32N2O4S/c1-6-8-15-25(7-2)21-14-11-18(16-20(21)22(26)27)24-30(28,29)19-12-9-17(10-13-19)23(3,4)5/h9-14,16,24H,6-8,15H2,1-5H3,(H,26,27). The van der Waals surface area contributed by atoms with Gasteiger partial charge in [0.2, 0.25) is 0 Å². The Morgan fingerprint density at radius 2 is 1.70 bits per heavy atom. The number of hydrogen-bond donors (Lipinski definition) is 2. The number of rotatable bonds is 9. The number of carboxylic acid groups (broad SMARTS) is 1. The van der Waals surface area contributed by atoms with Crippen LogP contribution in [0.4, 0.5) is 11.4 Å². The lowest BCUT2D eigenvalue weighted by molar-refractivity contribution is 0.0697. The molecule has 2 rings (SSSR count). The quantitative estimate of drug-likeness (QED) is 0.575. The van der Waals surface area contributed by atoms with E-state index in [-0.39, 0.29) is 21.6 Å².